The summed E-state index contributed by atoms with van der Waals surface area (Å²) in [6.07, 6.45) is 0. The Morgan fingerprint density at radius 1 is 1.27 bits per heavy atom. The molecule has 2 rings (SSSR count). The number of benzene rings is 1. The number of amides is 1. The fourth-order valence-electron chi connectivity index (χ4n) is 1.97. The first-order valence-corrected chi connectivity index (χ1v) is 6.95. The molecule has 0 atom stereocenters. The van der Waals surface area contributed by atoms with E-state index in [9.17, 15) is 9.59 Å². The van der Waals surface area contributed by atoms with Crippen LogP contribution in [0.15, 0.2) is 24.3 Å². The van der Waals surface area contributed by atoms with Crippen LogP contribution in [0.5, 0.6) is 5.75 Å². The molecule has 2 aromatic rings. The first-order chi connectivity index (χ1) is 10.5. The minimum Gasteiger partial charge on any atom is -0.494 e. The summed E-state index contributed by atoms with van der Waals surface area (Å²) in [5.74, 6) is 0.335. The van der Waals surface area contributed by atoms with E-state index in [-0.39, 0.29) is 23.9 Å². The van der Waals surface area contributed by atoms with Crippen LogP contribution >= 0.6 is 0 Å². The Morgan fingerprint density at radius 2 is 1.95 bits per heavy atom. The molecule has 7 heteroatoms. The zero-order chi connectivity index (χ0) is 16.1. The zero-order valence-corrected chi connectivity index (χ0v) is 12.8. The van der Waals surface area contributed by atoms with Crippen molar-refractivity contribution in [2.75, 3.05) is 11.9 Å². The maximum Gasteiger partial charge on any atom is 0.246 e. The number of anilines is 1. The Balaban J connectivity index is 1.99. The standard InChI is InChI=1S/C15H18N4O3/c1-4-22-13-7-5-12(6-8-13)16-14(21)9-19-10(2)15(11(3)20)17-18-19/h5-8H,4,9H2,1-3H3,(H,16,21). The van der Waals surface area contributed by atoms with Gasteiger partial charge in [-0.05, 0) is 38.1 Å². The number of carbonyl (C=O) groups excluding carboxylic acids is 2. The van der Waals surface area contributed by atoms with Gasteiger partial charge in [0, 0.05) is 12.6 Å². The third-order valence-corrected chi connectivity index (χ3v) is 3.06. The van der Waals surface area contributed by atoms with E-state index in [0.717, 1.165) is 5.75 Å². The van der Waals surface area contributed by atoms with Crippen LogP contribution in [-0.2, 0) is 11.3 Å². The van der Waals surface area contributed by atoms with Crippen molar-refractivity contribution >= 4 is 17.4 Å². The molecule has 0 radical (unpaired) electrons. The van der Waals surface area contributed by atoms with E-state index >= 15 is 0 Å². The second-order valence-electron chi connectivity index (χ2n) is 4.74. The number of ether oxygens (including phenoxy) is 1. The Bertz CT molecular complexity index is 677. The van der Waals surface area contributed by atoms with Crippen molar-refractivity contribution in [2.24, 2.45) is 0 Å². The normalized spacial score (nSPS) is 10.3. The summed E-state index contributed by atoms with van der Waals surface area (Å²) in [6.45, 7) is 5.63. The molecule has 1 amide bonds. The Kier molecular flexibility index (Phi) is 4.88. The predicted octanol–water partition coefficient (Wildman–Crippen LogP) is 1.83. The number of hydrogen-bond donors (Lipinski definition) is 1. The average Bonchev–Trinajstić information content (AvgIpc) is 2.83. The van der Waals surface area contributed by atoms with Gasteiger partial charge >= 0.3 is 0 Å². The van der Waals surface area contributed by atoms with Gasteiger partial charge in [0.15, 0.2) is 11.5 Å². The van der Waals surface area contributed by atoms with Crippen LogP contribution in [0, 0.1) is 6.92 Å². The first kappa shape index (κ1) is 15.7. The molecule has 116 valence electrons. The summed E-state index contributed by atoms with van der Waals surface area (Å²) < 4.78 is 6.74. The van der Waals surface area contributed by atoms with Crippen molar-refractivity contribution in [3.05, 3.63) is 35.7 Å². The van der Waals surface area contributed by atoms with Crippen molar-refractivity contribution in [3.63, 3.8) is 0 Å². The van der Waals surface area contributed by atoms with Crippen LogP contribution in [0.25, 0.3) is 0 Å². The van der Waals surface area contributed by atoms with Crippen molar-refractivity contribution in [1.82, 2.24) is 15.0 Å². The van der Waals surface area contributed by atoms with Gasteiger partial charge in [0.25, 0.3) is 0 Å². The number of Topliss-reactive ketones (excluding diaryl/α,β-unsaturated/α-hetero) is 1. The maximum absolute atomic E-state index is 12.0. The monoisotopic (exact) mass is 302 g/mol. The highest BCUT2D eigenvalue weighted by molar-refractivity contribution is 5.93. The maximum atomic E-state index is 12.0. The molecule has 22 heavy (non-hydrogen) atoms. The molecule has 1 aromatic heterocycles. The number of rotatable bonds is 6. The van der Waals surface area contributed by atoms with Gasteiger partial charge in [0.05, 0.1) is 12.3 Å². The van der Waals surface area contributed by atoms with Gasteiger partial charge in [0.2, 0.25) is 5.91 Å². The smallest absolute Gasteiger partial charge is 0.246 e. The second-order valence-corrected chi connectivity index (χ2v) is 4.74. The molecule has 0 saturated carbocycles. The molecule has 1 heterocycles. The van der Waals surface area contributed by atoms with E-state index in [1.165, 1.54) is 11.6 Å². The highest BCUT2D eigenvalue weighted by Crippen LogP contribution is 2.15. The molecule has 0 bridgehead atoms. The van der Waals surface area contributed by atoms with Crippen LogP contribution in [0.4, 0.5) is 5.69 Å². The van der Waals surface area contributed by atoms with Crippen LogP contribution in [-0.4, -0.2) is 33.3 Å². The molecule has 0 aliphatic rings. The summed E-state index contributed by atoms with van der Waals surface area (Å²) in [6, 6.07) is 7.09. The number of aromatic nitrogens is 3. The Morgan fingerprint density at radius 3 is 2.50 bits per heavy atom. The van der Waals surface area contributed by atoms with Crippen LogP contribution in [0.2, 0.25) is 0 Å². The van der Waals surface area contributed by atoms with Gasteiger partial charge < -0.3 is 10.1 Å². The molecular formula is C15H18N4O3. The minimum absolute atomic E-state index is 0.000670. The van der Waals surface area contributed by atoms with Crippen molar-refractivity contribution in [1.29, 1.82) is 0 Å². The summed E-state index contributed by atoms with van der Waals surface area (Å²) in [5, 5.41) is 10.4. The van der Waals surface area contributed by atoms with Crippen molar-refractivity contribution in [3.8, 4) is 5.75 Å². The first-order valence-electron chi connectivity index (χ1n) is 6.95. The molecule has 0 fully saturated rings. The third-order valence-electron chi connectivity index (χ3n) is 3.06. The molecule has 1 N–H and O–H groups in total. The van der Waals surface area contributed by atoms with Crippen LogP contribution < -0.4 is 10.1 Å². The molecule has 0 unspecified atom stereocenters. The Hall–Kier alpha value is -2.70. The lowest BCUT2D eigenvalue weighted by Gasteiger charge is -2.07. The minimum atomic E-state index is -0.243. The molecule has 7 nitrogen and oxygen atoms in total. The van der Waals surface area contributed by atoms with E-state index < -0.39 is 0 Å². The van der Waals surface area contributed by atoms with E-state index in [1.54, 1.807) is 31.2 Å². The fourth-order valence-corrected chi connectivity index (χ4v) is 1.97. The van der Waals surface area contributed by atoms with E-state index in [0.29, 0.717) is 18.0 Å². The van der Waals surface area contributed by atoms with E-state index in [4.69, 9.17) is 4.74 Å². The second kappa shape index (κ2) is 6.84. The summed E-state index contributed by atoms with van der Waals surface area (Å²) >= 11 is 0. The predicted molar refractivity (Wildman–Crippen MR) is 81.0 cm³/mol. The third kappa shape index (κ3) is 3.69. The van der Waals surface area contributed by atoms with E-state index in [2.05, 4.69) is 15.6 Å². The molecule has 0 spiro atoms. The lowest BCUT2D eigenvalue weighted by atomic mass is 10.2. The van der Waals surface area contributed by atoms with Crippen molar-refractivity contribution in [2.45, 2.75) is 27.3 Å². The lowest BCUT2D eigenvalue weighted by molar-refractivity contribution is -0.117. The number of nitrogens with one attached hydrogen (secondary N) is 1. The molecule has 0 aliphatic carbocycles. The number of nitrogens with zero attached hydrogens (tertiary/aromatic N) is 3. The lowest BCUT2D eigenvalue weighted by Crippen LogP contribution is -2.20. The highest BCUT2D eigenvalue weighted by atomic mass is 16.5. The summed E-state index contributed by atoms with van der Waals surface area (Å²) in [4.78, 5) is 23.3. The van der Waals surface area contributed by atoms with Gasteiger partial charge in [-0.25, -0.2) is 4.68 Å². The van der Waals surface area contributed by atoms with Gasteiger partial charge in [-0.3, -0.25) is 9.59 Å². The quantitative estimate of drug-likeness (QED) is 0.823. The number of carbonyl (C=O) groups is 2. The topological polar surface area (TPSA) is 86.1 Å². The van der Waals surface area contributed by atoms with Gasteiger partial charge in [0.1, 0.15) is 12.3 Å². The molecule has 1 aromatic carbocycles. The molecule has 0 saturated heterocycles. The van der Waals surface area contributed by atoms with Crippen LogP contribution in [0.3, 0.4) is 0 Å². The van der Waals surface area contributed by atoms with Crippen LogP contribution in [0.1, 0.15) is 30.0 Å². The summed E-state index contributed by atoms with van der Waals surface area (Å²) in [5.41, 5.74) is 1.53. The number of hydrogen-bond acceptors (Lipinski definition) is 5. The highest BCUT2D eigenvalue weighted by Gasteiger charge is 2.14. The zero-order valence-electron chi connectivity index (χ0n) is 12.8. The fraction of sp³-hybridized carbons (Fsp3) is 0.333. The van der Waals surface area contributed by atoms with Gasteiger partial charge in [-0.2, -0.15) is 0 Å². The van der Waals surface area contributed by atoms with Gasteiger partial charge in [-0.1, -0.05) is 5.21 Å². The SMILES string of the molecule is CCOc1ccc(NC(=O)Cn2nnc(C(C)=O)c2C)cc1. The average molecular weight is 302 g/mol. The van der Waals surface area contributed by atoms with E-state index in [1.807, 2.05) is 6.92 Å². The Labute approximate surface area is 128 Å². The number of ketones is 1. The van der Waals surface area contributed by atoms with Gasteiger partial charge in [-0.15, -0.1) is 5.10 Å². The molecule has 0 aliphatic heterocycles. The van der Waals surface area contributed by atoms with Crippen molar-refractivity contribution < 1.29 is 14.3 Å². The molecular weight excluding hydrogens is 284 g/mol. The largest absolute Gasteiger partial charge is 0.494 e. The summed E-state index contributed by atoms with van der Waals surface area (Å²) in [7, 11) is 0.